The second kappa shape index (κ2) is 8.08. The maximum absolute atomic E-state index is 12.2. The number of hydrogen-bond acceptors (Lipinski definition) is 6. The third-order valence-electron chi connectivity index (χ3n) is 4.71. The van der Waals surface area contributed by atoms with Gasteiger partial charge in [0.05, 0.1) is 5.92 Å². The maximum Gasteiger partial charge on any atom is 0.309 e. The van der Waals surface area contributed by atoms with Crippen LogP contribution < -0.4 is 4.90 Å². The lowest BCUT2D eigenvalue weighted by molar-refractivity contribution is -0.156. The van der Waals surface area contributed by atoms with E-state index >= 15 is 0 Å². The molecule has 0 spiro atoms. The van der Waals surface area contributed by atoms with Gasteiger partial charge in [0.15, 0.2) is 6.61 Å². The van der Waals surface area contributed by atoms with Crippen molar-refractivity contribution in [2.75, 3.05) is 37.7 Å². The van der Waals surface area contributed by atoms with Crippen molar-refractivity contribution in [1.29, 1.82) is 0 Å². The third-order valence-corrected chi connectivity index (χ3v) is 4.71. The summed E-state index contributed by atoms with van der Waals surface area (Å²) in [6, 6.07) is 1.78. The maximum atomic E-state index is 12.2. The number of amides is 1. The second-order valence-corrected chi connectivity index (χ2v) is 6.36. The molecule has 1 amide bonds. The summed E-state index contributed by atoms with van der Waals surface area (Å²) < 4.78 is 5.26. The van der Waals surface area contributed by atoms with E-state index in [1.54, 1.807) is 23.4 Å². The van der Waals surface area contributed by atoms with Crippen molar-refractivity contribution >= 4 is 17.8 Å². The third kappa shape index (κ3) is 4.21. The van der Waals surface area contributed by atoms with Crippen LogP contribution in [0, 0.1) is 5.92 Å². The topological polar surface area (TPSA) is 75.6 Å². The first-order chi connectivity index (χ1) is 11.7. The van der Waals surface area contributed by atoms with E-state index in [-0.39, 0.29) is 24.4 Å². The van der Waals surface area contributed by atoms with Crippen LogP contribution >= 0.6 is 0 Å². The fourth-order valence-electron chi connectivity index (χ4n) is 3.26. The van der Waals surface area contributed by atoms with Gasteiger partial charge in [-0.15, -0.1) is 0 Å². The SMILES string of the molecule is O=C(OCC(=O)N1CCCCC1)C1CCN(c2ncccn2)CC1. The lowest BCUT2D eigenvalue weighted by Crippen LogP contribution is -2.40. The Morgan fingerprint density at radius 1 is 1.04 bits per heavy atom. The summed E-state index contributed by atoms with van der Waals surface area (Å²) in [5, 5.41) is 0. The number of ether oxygens (including phenoxy) is 1. The molecule has 0 saturated carbocycles. The summed E-state index contributed by atoms with van der Waals surface area (Å²) in [6.45, 7) is 2.90. The number of rotatable bonds is 4. The molecule has 1 aromatic rings. The summed E-state index contributed by atoms with van der Waals surface area (Å²) in [4.78, 5) is 36.6. The number of hydrogen-bond donors (Lipinski definition) is 0. The Balaban J connectivity index is 1.41. The number of aromatic nitrogens is 2. The van der Waals surface area contributed by atoms with E-state index in [0.717, 1.165) is 39.0 Å². The number of carbonyl (C=O) groups is 2. The zero-order valence-electron chi connectivity index (χ0n) is 13.9. The number of anilines is 1. The average Bonchev–Trinajstić information content (AvgIpc) is 2.67. The summed E-state index contributed by atoms with van der Waals surface area (Å²) in [5.74, 6) is 0.232. The van der Waals surface area contributed by atoms with Gasteiger partial charge in [0.25, 0.3) is 5.91 Å². The summed E-state index contributed by atoms with van der Waals surface area (Å²) in [5.41, 5.74) is 0. The highest BCUT2D eigenvalue weighted by Gasteiger charge is 2.28. The fourth-order valence-corrected chi connectivity index (χ4v) is 3.26. The molecule has 7 nitrogen and oxygen atoms in total. The molecule has 0 aliphatic carbocycles. The van der Waals surface area contributed by atoms with Crippen LogP contribution in [0.5, 0.6) is 0 Å². The Morgan fingerprint density at radius 2 is 1.71 bits per heavy atom. The molecule has 0 unspecified atom stereocenters. The predicted molar refractivity (Wildman–Crippen MR) is 88.4 cm³/mol. The number of piperidine rings is 2. The van der Waals surface area contributed by atoms with Gasteiger partial charge in [0, 0.05) is 38.6 Å². The molecule has 0 bridgehead atoms. The Kier molecular flexibility index (Phi) is 5.61. The van der Waals surface area contributed by atoms with E-state index in [1.807, 2.05) is 0 Å². The number of carbonyl (C=O) groups excluding carboxylic acids is 2. The average molecular weight is 332 g/mol. The largest absolute Gasteiger partial charge is 0.455 e. The first-order valence-corrected chi connectivity index (χ1v) is 8.70. The van der Waals surface area contributed by atoms with Gasteiger partial charge < -0.3 is 14.5 Å². The lowest BCUT2D eigenvalue weighted by Gasteiger charge is -2.31. The van der Waals surface area contributed by atoms with Crippen LogP contribution in [0.3, 0.4) is 0 Å². The Morgan fingerprint density at radius 3 is 2.38 bits per heavy atom. The van der Waals surface area contributed by atoms with Crippen molar-refractivity contribution in [3.63, 3.8) is 0 Å². The van der Waals surface area contributed by atoms with Gasteiger partial charge >= 0.3 is 5.97 Å². The zero-order chi connectivity index (χ0) is 16.8. The molecule has 2 aliphatic heterocycles. The molecule has 24 heavy (non-hydrogen) atoms. The zero-order valence-corrected chi connectivity index (χ0v) is 13.9. The van der Waals surface area contributed by atoms with E-state index in [4.69, 9.17) is 4.74 Å². The second-order valence-electron chi connectivity index (χ2n) is 6.36. The molecule has 2 fully saturated rings. The van der Waals surface area contributed by atoms with Crippen LogP contribution in [0.25, 0.3) is 0 Å². The number of esters is 1. The molecule has 0 N–H and O–H groups in total. The molecular formula is C17H24N4O3. The molecule has 0 atom stereocenters. The molecule has 1 aromatic heterocycles. The molecule has 2 saturated heterocycles. The Labute approximate surface area is 142 Å². The van der Waals surface area contributed by atoms with Crippen LogP contribution in [0.4, 0.5) is 5.95 Å². The van der Waals surface area contributed by atoms with Gasteiger partial charge in [0.2, 0.25) is 5.95 Å². The van der Waals surface area contributed by atoms with Gasteiger partial charge in [-0.05, 0) is 38.2 Å². The predicted octanol–water partition coefficient (Wildman–Crippen LogP) is 1.25. The van der Waals surface area contributed by atoms with Gasteiger partial charge in [0.1, 0.15) is 0 Å². The van der Waals surface area contributed by atoms with Crippen LogP contribution in [0.2, 0.25) is 0 Å². The molecule has 7 heteroatoms. The summed E-state index contributed by atoms with van der Waals surface area (Å²) in [7, 11) is 0. The monoisotopic (exact) mass is 332 g/mol. The molecule has 130 valence electrons. The van der Waals surface area contributed by atoms with Crippen LogP contribution in [0.15, 0.2) is 18.5 Å². The normalized spacial score (nSPS) is 19.2. The fraction of sp³-hybridized carbons (Fsp3) is 0.647. The standard InChI is InChI=1S/C17H24N4O3/c22-15(20-9-2-1-3-10-20)13-24-16(23)14-5-11-21(12-6-14)17-18-7-4-8-19-17/h4,7-8,14H,1-3,5-6,9-13H2. The first-order valence-electron chi connectivity index (χ1n) is 8.70. The van der Waals surface area contributed by atoms with Gasteiger partial charge in [-0.3, -0.25) is 9.59 Å². The van der Waals surface area contributed by atoms with Crippen LogP contribution in [-0.2, 0) is 14.3 Å². The molecule has 3 rings (SSSR count). The molecule has 0 aromatic carbocycles. The molecule has 0 radical (unpaired) electrons. The van der Waals surface area contributed by atoms with E-state index < -0.39 is 0 Å². The van der Waals surface area contributed by atoms with E-state index in [0.29, 0.717) is 18.8 Å². The molecular weight excluding hydrogens is 308 g/mol. The van der Waals surface area contributed by atoms with Gasteiger partial charge in [-0.25, -0.2) is 9.97 Å². The first kappa shape index (κ1) is 16.7. The molecule has 3 heterocycles. The highest BCUT2D eigenvalue weighted by Crippen LogP contribution is 2.21. The van der Waals surface area contributed by atoms with Crippen molar-refractivity contribution in [2.45, 2.75) is 32.1 Å². The number of nitrogens with zero attached hydrogens (tertiary/aromatic N) is 4. The van der Waals surface area contributed by atoms with Crippen LogP contribution in [0.1, 0.15) is 32.1 Å². The highest BCUT2D eigenvalue weighted by atomic mass is 16.5. The van der Waals surface area contributed by atoms with Crippen molar-refractivity contribution in [1.82, 2.24) is 14.9 Å². The summed E-state index contributed by atoms with van der Waals surface area (Å²) in [6.07, 6.45) is 8.10. The van der Waals surface area contributed by atoms with Crippen molar-refractivity contribution in [3.8, 4) is 0 Å². The minimum Gasteiger partial charge on any atom is -0.455 e. The quantitative estimate of drug-likeness (QED) is 0.773. The molecule has 2 aliphatic rings. The minimum absolute atomic E-state index is 0.0711. The van der Waals surface area contributed by atoms with Gasteiger partial charge in [-0.1, -0.05) is 0 Å². The smallest absolute Gasteiger partial charge is 0.309 e. The lowest BCUT2D eigenvalue weighted by atomic mass is 9.97. The number of likely N-dealkylation sites (tertiary alicyclic amines) is 1. The van der Waals surface area contributed by atoms with Crippen molar-refractivity contribution < 1.29 is 14.3 Å². The highest BCUT2D eigenvalue weighted by molar-refractivity contribution is 5.81. The van der Waals surface area contributed by atoms with E-state index in [2.05, 4.69) is 14.9 Å². The Hall–Kier alpha value is -2.18. The van der Waals surface area contributed by atoms with E-state index in [1.165, 1.54) is 6.42 Å². The van der Waals surface area contributed by atoms with E-state index in [9.17, 15) is 9.59 Å². The Bertz CT molecular complexity index is 552. The van der Waals surface area contributed by atoms with Crippen molar-refractivity contribution in [3.05, 3.63) is 18.5 Å². The van der Waals surface area contributed by atoms with Gasteiger partial charge in [-0.2, -0.15) is 0 Å². The minimum atomic E-state index is -0.256. The summed E-state index contributed by atoms with van der Waals surface area (Å²) >= 11 is 0. The van der Waals surface area contributed by atoms with Crippen LogP contribution in [-0.4, -0.2) is 59.5 Å². The van der Waals surface area contributed by atoms with Crippen molar-refractivity contribution in [2.24, 2.45) is 5.92 Å².